The van der Waals surface area contributed by atoms with Gasteiger partial charge in [0.2, 0.25) is 0 Å². The minimum Gasteiger partial charge on any atom is -0.338 e. The summed E-state index contributed by atoms with van der Waals surface area (Å²) >= 11 is 0. The molecule has 7 heteroatoms. The first-order valence-electron chi connectivity index (χ1n) is 6.36. The number of amides is 2. The summed E-state index contributed by atoms with van der Waals surface area (Å²) in [7, 11) is 0. The average Bonchev–Trinajstić information content (AvgIpc) is 2.38. The molecule has 0 saturated carbocycles. The van der Waals surface area contributed by atoms with Crippen LogP contribution in [0.2, 0.25) is 0 Å². The molecule has 3 N–H and O–H groups in total. The van der Waals surface area contributed by atoms with Gasteiger partial charge in [-0.3, -0.25) is 0 Å². The normalized spacial score (nSPS) is 11.2. The molecule has 0 unspecified atom stereocenters. The highest BCUT2D eigenvalue weighted by atomic mass is 19.4. The molecule has 0 aromatic heterocycles. The van der Waals surface area contributed by atoms with Crippen molar-refractivity contribution in [1.82, 2.24) is 10.6 Å². The number of nitrogens with one attached hydrogen (secondary N) is 3. The number of anilines is 1. The number of alkyl halides is 3. The fourth-order valence-corrected chi connectivity index (χ4v) is 1.51. The lowest BCUT2D eigenvalue weighted by molar-refractivity contribution is -0.137. The predicted octanol–water partition coefficient (Wildman–Crippen LogP) is 2.83. The highest BCUT2D eigenvalue weighted by molar-refractivity contribution is 5.89. The van der Waals surface area contributed by atoms with Crippen molar-refractivity contribution in [3.63, 3.8) is 0 Å². The number of carbonyl (C=O) groups is 1. The zero-order valence-corrected chi connectivity index (χ0v) is 11.2. The molecule has 4 nitrogen and oxygen atoms in total. The summed E-state index contributed by atoms with van der Waals surface area (Å²) in [5, 5.41) is 8.21. The van der Waals surface area contributed by atoms with Crippen LogP contribution in [-0.2, 0) is 6.18 Å². The molecule has 20 heavy (non-hydrogen) atoms. The number of halogens is 3. The van der Waals surface area contributed by atoms with E-state index in [0.29, 0.717) is 12.2 Å². The highest BCUT2D eigenvalue weighted by Gasteiger charge is 2.29. The molecular formula is C13H18F3N3O. The molecule has 1 aromatic carbocycles. The monoisotopic (exact) mass is 289 g/mol. The van der Waals surface area contributed by atoms with Crippen LogP contribution in [-0.4, -0.2) is 25.7 Å². The lowest BCUT2D eigenvalue weighted by Gasteiger charge is -2.10. The maximum atomic E-state index is 12.3. The molecule has 0 heterocycles. The summed E-state index contributed by atoms with van der Waals surface area (Å²) in [4.78, 5) is 11.5. The molecule has 0 radical (unpaired) electrons. The lowest BCUT2D eigenvalue weighted by Crippen LogP contribution is -2.31. The standard InChI is InChI=1S/C13H18F3N3O/c1-2-17-8-3-9-18-12(20)19-11-6-4-10(5-7-11)13(14,15)16/h4-7,17H,2-3,8-9H2,1H3,(H2,18,19,20). The number of hydrogen-bond acceptors (Lipinski definition) is 2. The molecule has 0 saturated heterocycles. The Kier molecular flexibility index (Phi) is 6.30. The van der Waals surface area contributed by atoms with Gasteiger partial charge in [-0.1, -0.05) is 6.92 Å². The van der Waals surface area contributed by atoms with Gasteiger partial charge in [-0.15, -0.1) is 0 Å². The SMILES string of the molecule is CCNCCCNC(=O)Nc1ccc(C(F)(F)F)cc1. The van der Waals surface area contributed by atoms with Crippen molar-refractivity contribution >= 4 is 11.7 Å². The number of hydrogen-bond donors (Lipinski definition) is 3. The second-order valence-electron chi connectivity index (χ2n) is 4.16. The minimum atomic E-state index is -4.37. The molecule has 0 atom stereocenters. The summed E-state index contributed by atoms with van der Waals surface area (Å²) in [5.41, 5.74) is -0.420. The molecule has 112 valence electrons. The van der Waals surface area contributed by atoms with Crippen molar-refractivity contribution in [1.29, 1.82) is 0 Å². The third kappa shape index (κ3) is 5.92. The molecule has 1 rings (SSSR count). The Morgan fingerprint density at radius 1 is 1.15 bits per heavy atom. The molecule has 0 fully saturated rings. The van der Waals surface area contributed by atoms with Crippen LogP contribution in [0, 0.1) is 0 Å². The first kappa shape index (κ1) is 16.3. The summed E-state index contributed by atoms with van der Waals surface area (Å²) in [6.45, 7) is 4.17. The fourth-order valence-electron chi connectivity index (χ4n) is 1.51. The third-order valence-corrected chi connectivity index (χ3v) is 2.54. The van der Waals surface area contributed by atoms with E-state index in [1.807, 2.05) is 6.92 Å². The van der Waals surface area contributed by atoms with Gasteiger partial charge < -0.3 is 16.0 Å². The largest absolute Gasteiger partial charge is 0.416 e. The number of carbonyl (C=O) groups excluding carboxylic acids is 1. The number of urea groups is 1. The smallest absolute Gasteiger partial charge is 0.338 e. The highest BCUT2D eigenvalue weighted by Crippen LogP contribution is 2.29. The molecule has 0 spiro atoms. The molecule has 0 aliphatic carbocycles. The van der Waals surface area contributed by atoms with Crippen LogP contribution in [0.5, 0.6) is 0 Å². The first-order chi connectivity index (χ1) is 9.43. The van der Waals surface area contributed by atoms with Crippen LogP contribution in [0.25, 0.3) is 0 Å². The number of rotatable bonds is 6. The zero-order valence-electron chi connectivity index (χ0n) is 11.2. The predicted molar refractivity (Wildman–Crippen MR) is 71.6 cm³/mol. The van der Waals surface area contributed by atoms with Crippen LogP contribution >= 0.6 is 0 Å². The maximum absolute atomic E-state index is 12.3. The van der Waals surface area contributed by atoms with Crippen LogP contribution in [0.1, 0.15) is 18.9 Å². The lowest BCUT2D eigenvalue weighted by atomic mass is 10.2. The Bertz CT molecular complexity index is 418. The molecule has 0 bridgehead atoms. The van der Waals surface area contributed by atoms with Crippen molar-refractivity contribution in [2.24, 2.45) is 0 Å². The van der Waals surface area contributed by atoms with Crippen LogP contribution in [0.4, 0.5) is 23.7 Å². The Morgan fingerprint density at radius 2 is 1.80 bits per heavy atom. The van der Waals surface area contributed by atoms with Crippen molar-refractivity contribution in [3.8, 4) is 0 Å². The van der Waals surface area contributed by atoms with E-state index in [1.54, 1.807) is 0 Å². The summed E-state index contributed by atoms with van der Waals surface area (Å²) in [6, 6.07) is 3.88. The van der Waals surface area contributed by atoms with E-state index < -0.39 is 17.8 Å². The summed E-state index contributed by atoms with van der Waals surface area (Å²) < 4.78 is 37.0. The van der Waals surface area contributed by atoms with E-state index in [4.69, 9.17) is 0 Å². The molecule has 2 amide bonds. The minimum absolute atomic E-state index is 0.321. The van der Waals surface area contributed by atoms with Gasteiger partial charge in [-0.05, 0) is 43.8 Å². The Hall–Kier alpha value is -1.76. The van der Waals surface area contributed by atoms with Crippen LogP contribution in [0.3, 0.4) is 0 Å². The van der Waals surface area contributed by atoms with Gasteiger partial charge >= 0.3 is 12.2 Å². The Morgan fingerprint density at radius 3 is 2.35 bits per heavy atom. The quantitative estimate of drug-likeness (QED) is 0.705. The van der Waals surface area contributed by atoms with Gasteiger partial charge in [0.25, 0.3) is 0 Å². The molecular weight excluding hydrogens is 271 g/mol. The summed E-state index contributed by atoms with van der Waals surface area (Å²) in [5.74, 6) is 0. The van der Waals surface area contributed by atoms with E-state index in [-0.39, 0.29) is 0 Å². The van der Waals surface area contributed by atoms with Crippen LogP contribution < -0.4 is 16.0 Å². The molecule has 0 aliphatic rings. The van der Waals surface area contributed by atoms with Gasteiger partial charge in [0.1, 0.15) is 0 Å². The van der Waals surface area contributed by atoms with Crippen molar-refractivity contribution in [2.45, 2.75) is 19.5 Å². The fraction of sp³-hybridized carbons (Fsp3) is 0.462. The second-order valence-corrected chi connectivity index (χ2v) is 4.16. The van der Waals surface area contributed by atoms with E-state index in [0.717, 1.165) is 31.6 Å². The zero-order chi connectivity index (χ0) is 15.0. The first-order valence-corrected chi connectivity index (χ1v) is 6.36. The van der Waals surface area contributed by atoms with Crippen LogP contribution in [0.15, 0.2) is 24.3 Å². The van der Waals surface area contributed by atoms with Gasteiger partial charge in [0.05, 0.1) is 5.56 Å². The van der Waals surface area contributed by atoms with Gasteiger partial charge in [0, 0.05) is 12.2 Å². The van der Waals surface area contributed by atoms with Crippen molar-refractivity contribution in [2.75, 3.05) is 25.0 Å². The summed E-state index contributed by atoms with van der Waals surface area (Å²) in [6.07, 6.45) is -3.58. The Labute approximate surface area is 115 Å². The van der Waals surface area contributed by atoms with Crippen molar-refractivity contribution < 1.29 is 18.0 Å². The van der Waals surface area contributed by atoms with E-state index >= 15 is 0 Å². The second kappa shape index (κ2) is 7.74. The maximum Gasteiger partial charge on any atom is 0.416 e. The van der Waals surface area contributed by atoms with Gasteiger partial charge in [-0.2, -0.15) is 13.2 Å². The van der Waals surface area contributed by atoms with Gasteiger partial charge in [-0.25, -0.2) is 4.79 Å². The molecule has 1 aromatic rings. The Balaban J connectivity index is 2.35. The third-order valence-electron chi connectivity index (χ3n) is 2.54. The average molecular weight is 289 g/mol. The van der Waals surface area contributed by atoms with E-state index in [2.05, 4.69) is 16.0 Å². The molecule has 0 aliphatic heterocycles. The topological polar surface area (TPSA) is 53.2 Å². The number of benzene rings is 1. The van der Waals surface area contributed by atoms with E-state index in [1.165, 1.54) is 12.1 Å². The van der Waals surface area contributed by atoms with Gasteiger partial charge in [0.15, 0.2) is 0 Å². The van der Waals surface area contributed by atoms with Crippen molar-refractivity contribution in [3.05, 3.63) is 29.8 Å². The van der Waals surface area contributed by atoms with E-state index in [9.17, 15) is 18.0 Å².